The van der Waals surface area contributed by atoms with Gasteiger partial charge in [0, 0.05) is 5.56 Å². The molecule has 0 amide bonds. The van der Waals surface area contributed by atoms with E-state index >= 15 is 0 Å². The van der Waals surface area contributed by atoms with Gasteiger partial charge >= 0.3 is 11.9 Å². The van der Waals surface area contributed by atoms with Crippen molar-refractivity contribution in [1.29, 1.82) is 0 Å². The zero-order chi connectivity index (χ0) is 17.7. The molecule has 0 unspecified atom stereocenters. The molecule has 0 atom stereocenters. The second-order valence-electron chi connectivity index (χ2n) is 5.07. The van der Waals surface area contributed by atoms with Crippen molar-refractivity contribution < 1.29 is 28.9 Å². The third kappa shape index (κ3) is 4.45. The molecule has 24 heavy (non-hydrogen) atoms. The molecule has 0 heterocycles. The van der Waals surface area contributed by atoms with E-state index in [9.17, 15) is 14.0 Å². The fraction of sp³-hybridized carbons (Fsp3) is 0.176. The molecule has 0 spiro atoms. The molecule has 2 N–H and O–H groups in total. The highest BCUT2D eigenvalue weighted by atomic mass is 35.5. The summed E-state index contributed by atoms with van der Waals surface area (Å²) < 4.78 is 19.1. The Hall–Kier alpha value is -2.60. The number of hydrogen-bond acceptors (Lipinski definition) is 3. The fourth-order valence-corrected chi connectivity index (χ4v) is 2.28. The van der Waals surface area contributed by atoms with Crippen molar-refractivity contribution >= 4 is 23.5 Å². The van der Waals surface area contributed by atoms with E-state index in [-0.39, 0.29) is 23.6 Å². The minimum absolute atomic E-state index is 0.0578. The van der Waals surface area contributed by atoms with Crippen molar-refractivity contribution in [2.75, 3.05) is 0 Å². The Morgan fingerprint density at radius 3 is 2.25 bits per heavy atom. The van der Waals surface area contributed by atoms with Crippen LogP contribution in [0.4, 0.5) is 4.39 Å². The van der Waals surface area contributed by atoms with Crippen LogP contribution in [0.3, 0.4) is 0 Å². The lowest BCUT2D eigenvalue weighted by molar-refractivity contribution is -0.154. The summed E-state index contributed by atoms with van der Waals surface area (Å²) >= 11 is 5.91. The monoisotopic (exact) mass is 352 g/mol. The van der Waals surface area contributed by atoms with Crippen LogP contribution in [-0.4, -0.2) is 22.2 Å². The van der Waals surface area contributed by atoms with Crippen LogP contribution < -0.4 is 4.74 Å². The number of rotatable bonds is 7. The van der Waals surface area contributed by atoms with Crippen LogP contribution in [0.25, 0.3) is 0 Å². The maximum absolute atomic E-state index is 13.6. The van der Waals surface area contributed by atoms with Gasteiger partial charge in [-0.3, -0.25) is 9.59 Å². The quantitative estimate of drug-likeness (QED) is 0.746. The summed E-state index contributed by atoms with van der Waals surface area (Å²) in [6.45, 7) is -0.0578. The lowest BCUT2D eigenvalue weighted by atomic mass is 10.00. The molecule has 0 fully saturated rings. The Morgan fingerprint density at radius 2 is 1.71 bits per heavy atom. The van der Waals surface area contributed by atoms with Gasteiger partial charge in [0.1, 0.15) is 18.2 Å². The second kappa shape index (κ2) is 7.79. The lowest BCUT2D eigenvalue weighted by Gasteiger charge is -2.10. The van der Waals surface area contributed by atoms with Crippen LogP contribution in [0.5, 0.6) is 5.75 Å². The predicted molar refractivity (Wildman–Crippen MR) is 84.6 cm³/mol. The van der Waals surface area contributed by atoms with Gasteiger partial charge in [0.25, 0.3) is 0 Å². The highest BCUT2D eigenvalue weighted by Crippen LogP contribution is 2.22. The summed E-state index contributed by atoms with van der Waals surface area (Å²) in [5, 5.41) is 18.0. The summed E-state index contributed by atoms with van der Waals surface area (Å²) in [6, 6.07) is 10.6. The SMILES string of the molecule is O=C(O)C(Cc1ccc(OCc2c(F)cccc2Cl)cc1)C(=O)O. The molecule has 0 saturated heterocycles. The first-order chi connectivity index (χ1) is 11.4. The first kappa shape index (κ1) is 17.7. The van der Waals surface area contributed by atoms with Gasteiger partial charge < -0.3 is 14.9 Å². The maximum Gasteiger partial charge on any atom is 0.318 e. The van der Waals surface area contributed by atoms with Crippen LogP contribution in [0.1, 0.15) is 11.1 Å². The van der Waals surface area contributed by atoms with Crippen LogP contribution >= 0.6 is 11.6 Å². The van der Waals surface area contributed by atoms with Crippen LogP contribution in [-0.2, 0) is 22.6 Å². The molecule has 0 aliphatic carbocycles. The van der Waals surface area contributed by atoms with Gasteiger partial charge in [-0.25, -0.2) is 4.39 Å². The number of carboxylic acids is 2. The van der Waals surface area contributed by atoms with Crippen molar-refractivity contribution in [3.8, 4) is 5.75 Å². The van der Waals surface area contributed by atoms with Gasteiger partial charge in [-0.1, -0.05) is 29.8 Å². The summed E-state index contributed by atoms with van der Waals surface area (Å²) in [7, 11) is 0. The number of carboxylic acid groups (broad SMARTS) is 2. The highest BCUT2D eigenvalue weighted by Gasteiger charge is 2.25. The first-order valence-corrected chi connectivity index (χ1v) is 7.36. The number of aliphatic carboxylic acids is 2. The van der Waals surface area contributed by atoms with Crippen LogP contribution in [0, 0.1) is 11.7 Å². The molecule has 2 aromatic carbocycles. The van der Waals surface area contributed by atoms with E-state index in [2.05, 4.69) is 0 Å². The van der Waals surface area contributed by atoms with Crippen molar-refractivity contribution in [2.24, 2.45) is 5.92 Å². The summed E-state index contributed by atoms with van der Waals surface area (Å²) in [5.41, 5.74) is 0.779. The maximum atomic E-state index is 13.6. The molecule has 0 bridgehead atoms. The third-order valence-corrected chi connectivity index (χ3v) is 3.76. The minimum Gasteiger partial charge on any atom is -0.489 e. The Morgan fingerprint density at radius 1 is 1.08 bits per heavy atom. The summed E-state index contributed by atoms with van der Waals surface area (Å²) in [6.07, 6.45) is -0.135. The molecular weight excluding hydrogens is 339 g/mol. The summed E-state index contributed by atoms with van der Waals surface area (Å²) in [4.78, 5) is 21.8. The second-order valence-corrected chi connectivity index (χ2v) is 5.47. The van der Waals surface area contributed by atoms with E-state index in [1.807, 2.05) is 0 Å². The van der Waals surface area contributed by atoms with E-state index in [1.165, 1.54) is 12.1 Å². The average Bonchev–Trinajstić information content (AvgIpc) is 2.52. The number of ether oxygens (including phenoxy) is 1. The Kier molecular flexibility index (Phi) is 5.76. The van der Waals surface area contributed by atoms with Crippen molar-refractivity contribution in [3.63, 3.8) is 0 Å². The molecule has 0 radical (unpaired) electrons. The highest BCUT2D eigenvalue weighted by molar-refractivity contribution is 6.31. The van der Waals surface area contributed by atoms with Gasteiger partial charge in [0.15, 0.2) is 5.92 Å². The average molecular weight is 353 g/mol. The van der Waals surface area contributed by atoms with E-state index in [4.69, 9.17) is 26.6 Å². The molecule has 7 heteroatoms. The Balaban J connectivity index is 2.02. The zero-order valence-corrected chi connectivity index (χ0v) is 13.2. The molecule has 2 aromatic rings. The molecule has 0 aromatic heterocycles. The smallest absolute Gasteiger partial charge is 0.318 e. The number of hydrogen-bond donors (Lipinski definition) is 2. The molecule has 0 aliphatic rings. The Bertz CT molecular complexity index is 711. The normalized spacial score (nSPS) is 10.6. The number of carbonyl (C=O) groups is 2. The predicted octanol–water partition coefficient (Wildman–Crippen LogP) is 3.39. The van der Waals surface area contributed by atoms with Gasteiger partial charge in [0.05, 0.1) is 5.02 Å². The van der Waals surface area contributed by atoms with Crippen LogP contribution in [0.15, 0.2) is 42.5 Å². The summed E-state index contributed by atoms with van der Waals surface area (Å²) in [5.74, 6) is -4.33. The molecule has 126 valence electrons. The van der Waals surface area contributed by atoms with Crippen molar-refractivity contribution in [3.05, 3.63) is 64.4 Å². The molecule has 0 saturated carbocycles. The molecule has 5 nitrogen and oxygen atoms in total. The van der Waals surface area contributed by atoms with E-state index in [0.29, 0.717) is 11.3 Å². The van der Waals surface area contributed by atoms with Gasteiger partial charge in [-0.05, 0) is 36.2 Å². The first-order valence-electron chi connectivity index (χ1n) is 6.98. The van der Waals surface area contributed by atoms with Gasteiger partial charge in [-0.15, -0.1) is 0 Å². The van der Waals surface area contributed by atoms with Gasteiger partial charge in [-0.2, -0.15) is 0 Å². The van der Waals surface area contributed by atoms with Gasteiger partial charge in [0.2, 0.25) is 0 Å². The Labute approximate surface area is 142 Å². The zero-order valence-electron chi connectivity index (χ0n) is 12.4. The van der Waals surface area contributed by atoms with E-state index in [0.717, 1.165) is 0 Å². The molecule has 2 rings (SSSR count). The third-order valence-electron chi connectivity index (χ3n) is 3.40. The minimum atomic E-state index is -1.51. The van der Waals surface area contributed by atoms with E-state index < -0.39 is 23.7 Å². The lowest BCUT2D eigenvalue weighted by Crippen LogP contribution is -2.25. The van der Waals surface area contributed by atoms with Crippen LogP contribution in [0.2, 0.25) is 5.02 Å². The fourth-order valence-electron chi connectivity index (χ4n) is 2.06. The number of halogens is 2. The van der Waals surface area contributed by atoms with E-state index in [1.54, 1.807) is 30.3 Å². The van der Waals surface area contributed by atoms with Crippen molar-refractivity contribution in [1.82, 2.24) is 0 Å². The topological polar surface area (TPSA) is 83.8 Å². The number of benzene rings is 2. The largest absolute Gasteiger partial charge is 0.489 e. The standard InChI is InChI=1S/C17H14ClFO5/c18-14-2-1-3-15(19)13(14)9-24-11-6-4-10(5-7-11)8-12(16(20)21)17(22)23/h1-7,12H,8-9H2,(H,20,21)(H,22,23). The molecule has 0 aliphatic heterocycles. The van der Waals surface area contributed by atoms with Crippen molar-refractivity contribution in [2.45, 2.75) is 13.0 Å². The molecular formula is C17H14ClFO5.